The lowest BCUT2D eigenvalue weighted by Gasteiger charge is -2.07. The van der Waals surface area contributed by atoms with E-state index in [0.717, 1.165) is 12.1 Å². The highest BCUT2D eigenvalue weighted by Crippen LogP contribution is 2.07. The molecule has 0 fully saturated rings. The van der Waals surface area contributed by atoms with Gasteiger partial charge in [-0.05, 0) is 25.5 Å². The highest BCUT2D eigenvalue weighted by Gasteiger charge is 1.99. The van der Waals surface area contributed by atoms with Crippen molar-refractivity contribution in [1.82, 2.24) is 5.32 Å². The minimum Gasteiger partial charge on any atom is -0.385 e. The molecule has 0 saturated heterocycles. The molecule has 88 valence electrons. The van der Waals surface area contributed by atoms with Gasteiger partial charge >= 0.3 is 6.03 Å². The van der Waals surface area contributed by atoms with Gasteiger partial charge < -0.3 is 15.4 Å². The first-order chi connectivity index (χ1) is 7.72. The van der Waals surface area contributed by atoms with E-state index in [-0.39, 0.29) is 6.03 Å². The van der Waals surface area contributed by atoms with Gasteiger partial charge in [-0.2, -0.15) is 0 Å². The Morgan fingerprint density at radius 2 is 2.00 bits per heavy atom. The Morgan fingerprint density at radius 1 is 1.31 bits per heavy atom. The van der Waals surface area contributed by atoms with Gasteiger partial charge in [0, 0.05) is 25.9 Å². The van der Waals surface area contributed by atoms with E-state index in [0.29, 0.717) is 13.2 Å². The van der Waals surface area contributed by atoms with Crippen LogP contribution >= 0.6 is 0 Å². The molecule has 2 N–H and O–H groups in total. The molecule has 16 heavy (non-hydrogen) atoms. The molecular formula is C12H18N2O2. The minimum absolute atomic E-state index is 0.181. The van der Waals surface area contributed by atoms with Gasteiger partial charge in [0.1, 0.15) is 0 Å². The Bertz CT molecular complexity index is 322. The van der Waals surface area contributed by atoms with E-state index in [9.17, 15) is 4.79 Å². The zero-order chi connectivity index (χ0) is 11.8. The number of ether oxygens (including phenoxy) is 1. The van der Waals surface area contributed by atoms with E-state index in [1.54, 1.807) is 7.11 Å². The summed E-state index contributed by atoms with van der Waals surface area (Å²) in [6.45, 7) is 3.28. The van der Waals surface area contributed by atoms with Crippen molar-refractivity contribution in [2.45, 2.75) is 13.3 Å². The van der Waals surface area contributed by atoms with Crippen molar-refractivity contribution in [3.05, 3.63) is 29.8 Å². The Morgan fingerprint density at radius 3 is 2.62 bits per heavy atom. The standard InChI is InChI=1S/C12H18N2O2/c1-10-4-6-11(7-5-10)14-12(15)13-8-3-9-16-2/h4-7H,3,8-9H2,1-2H3,(H2,13,14,15). The zero-order valence-corrected chi connectivity index (χ0v) is 9.75. The van der Waals surface area contributed by atoms with Gasteiger partial charge in [0.15, 0.2) is 0 Å². The normalized spacial score (nSPS) is 9.88. The monoisotopic (exact) mass is 222 g/mol. The predicted octanol–water partition coefficient (Wildman–Crippen LogP) is 2.15. The Kier molecular flexibility index (Phi) is 5.36. The number of anilines is 1. The van der Waals surface area contributed by atoms with Gasteiger partial charge in [0.05, 0.1) is 0 Å². The Hall–Kier alpha value is -1.55. The van der Waals surface area contributed by atoms with E-state index in [2.05, 4.69) is 10.6 Å². The first-order valence-corrected chi connectivity index (χ1v) is 5.33. The molecule has 4 nitrogen and oxygen atoms in total. The van der Waals surface area contributed by atoms with Crippen LogP contribution < -0.4 is 10.6 Å². The number of nitrogens with one attached hydrogen (secondary N) is 2. The Balaban J connectivity index is 2.26. The van der Waals surface area contributed by atoms with Crippen molar-refractivity contribution >= 4 is 11.7 Å². The molecule has 2 amide bonds. The number of methoxy groups -OCH3 is 1. The minimum atomic E-state index is -0.181. The van der Waals surface area contributed by atoms with Crippen LogP contribution in [0.25, 0.3) is 0 Å². The predicted molar refractivity (Wildman–Crippen MR) is 64.7 cm³/mol. The van der Waals surface area contributed by atoms with Crippen LogP contribution in [-0.4, -0.2) is 26.3 Å². The smallest absolute Gasteiger partial charge is 0.319 e. The van der Waals surface area contributed by atoms with Crippen molar-refractivity contribution in [1.29, 1.82) is 0 Å². The van der Waals surface area contributed by atoms with Gasteiger partial charge in [-0.25, -0.2) is 4.79 Å². The van der Waals surface area contributed by atoms with Gasteiger partial charge in [0.25, 0.3) is 0 Å². The number of aryl methyl sites for hydroxylation is 1. The first-order valence-electron chi connectivity index (χ1n) is 5.33. The number of rotatable bonds is 5. The maximum Gasteiger partial charge on any atom is 0.319 e. The maximum atomic E-state index is 11.4. The topological polar surface area (TPSA) is 50.4 Å². The second-order valence-electron chi connectivity index (χ2n) is 3.59. The summed E-state index contributed by atoms with van der Waals surface area (Å²) in [5, 5.41) is 5.51. The molecule has 0 aliphatic rings. The number of carbonyl (C=O) groups excluding carboxylic acids is 1. The molecule has 0 radical (unpaired) electrons. The molecule has 4 heteroatoms. The van der Waals surface area contributed by atoms with E-state index < -0.39 is 0 Å². The first kappa shape index (κ1) is 12.5. The molecule has 0 aliphatic heterocycles. The van der Waals surface area contributed by atoms with E-state index in [4.69, 9.17) is 4.74 Å². The number of carbonyl (C=O) groups is 1. The molecular weight excluding hydrogens is 204 g/mol. The molecule has 1 rings (SSSR count). The van der Waals surface area contributed by atoms with Crippen LogP contribution in [0.4, 0.5) is 10.5 Å². The molecule has 0 spiro atoms. The molecule has 0 saturated carbocycles. The van der Waals surface area contributed by atoms with Crippen LogP contribution in [0, 0.1) is 6.92 Å². The number of hydrogen-bond acceptors (Lipinski definition) is 2. The highest BCUT2D eigenvalue weighted by atomic mass is 16.5. The Labute approximate surface area is 96.0 Å². The SMILES string of the molecule is COCCCNC(=O)Nc1ccc(C)cc1. The van der Waals surface area contributed by atoms with E-state index >= 15 is 0 Å². The summed E-state index contributed by atoms with van der Waals surface area (Å²) < 4.78 is 4.88. The molecule has 0 bridgehead atoms. The van der Waals surface area contributed by atoms with Gasteiger partial charge in [-0.15, -0.1) is 0 Å². The summed E-state index contributed by atoms with van der Waals surface area (Å²) in [4.78, 5) is 11.4. The lowest BCUT2D eigenvalue weighted by Crippen LogP contribution is -2.29. The summed E-state index contributed by atoms with van der Waals surface area (Å²) in [7, 11) is 1.65. The van der Waals surface area contributed by atoms with Crippen LogP contribution in [0.2, 0.25) is 0 Å². The van der Waals surface area contributed by atoms with Crippen LogP contribution in [-0.2, 0) is 4.74 Å². The van der Waals surface area contributed by atoms with Crippen LogP contribution in [0.3, 0.4) is 0 Å². The maximum absolute atomic E-state index is 11.4. The number of benzene rings is 1. The fraction of sp³-hybridized carbons (Fsp3) is 0.417. The number of amides is 2. The second kappa shape index (κ2) is 6.85. The molecule has 1 aromatic carbocycles. The summed E-state index contributed by atoms with van der Waals surface area (Å²) in [6.07, 6.45) is 0.817. The quantitative estimate of drug-likeness (QED) is 0.750. The fourth-order valence-electron chi connectivity index (χ4n) is 1.23. The fourth-order valence-corrected chi connectivity index (χ4v) is 1.23. The van der Waals surface area contributed by atoms with E-state index in [1.165, 1.54) is 5.56 Å². The molecule has 0 aliphatic carbocycles. The third-order valence-electron chi connectivity index (χ3n) is 2.12. The van der Waals surface area contributed by atoms with Crippen LogP contribution in [0.5, 0.6) is 0 Å². The second-order valence-corrected chi connectivity index (χ2v) is 3.59. The van der Waals surface area contributed by atoms with Crippen LogP contribution in [0.15, 0.2) is 24.3 Å². The van der Waals surface area contributed by atoms with Crippen LogP contribution in [0.1, 0.15) is 12.0 Å². The van der Waals surface area contributed by atoms with Crippen molar-refractivity contribution in [3.8, 4) is 0 Å². The third-order valence-corrected chi connectivity index (χ3v) is 2.12. The lowest BCUT2D eigenvalue weighted by atomic mass is 10.2. The van der Waals surface area contributed by atoms with E-state index in [1.807, 2.05) is 31.2 Å². The summed E-state index contributed by atoms with van der Waals surface area (Å²) >= 11 is 0. The van der Waals surface area contributed by atoms with Gasteiger partial charge in [-0.3, -0.25) is 0 Å². The number of urea groups is 1. The van der Waals surface area contributed by atoms with Crippen molar-refractivity contribution in [3.63, 3.8) is 0 Å². The summed E-state index contributed by atoms with van der Waals surface area (Å²) in [5.41, 5.74) is 1.97. The van der Waals surface area contributed by atoms with Gasteiger partial charge in [-0.1, -0.05) is 17.7 Å². The molecule has 0 heterocycles. The number of hydrogen-bond donors (Lipinski definition) is 2. The largest absolute Gasteiger partial charge is 0.385 e. The van der Waals surface area contributed by atoms with Crippen molar-refractivity contribution < 1.29 is 9.53 Å². The molecule has 0 unspecified atom stereocenters. The average Bonchev–Trinajstić information content (AvgIpc) is 2.28. The molecule has 0 atom stereocenters. The summed E-state index contributed by atoms with van der Waals surface area (Å²) in [6, 6.07) is 7.50. The molecule has 1 aromatic rings. The van der Waals surface area contributed by atoms with Crippen molar-refractivity contribution in [2.24, 2.45) is 0 Å². The highest BCUT2D eigenvalue weighted by molar-refractivity contribution is 5.89. The lowest BCUT2D eigenvalue weighted by molar-refractivity contribution is 0.194. The third kappa shape index (κ3) is 4.79. The average molecular weight is 222 g/mol. The van der Waals surface area contributed by atoms with Gasteiger partial charge in [0.2, 0.25) is 0 Å². The van der Waals surface area contributed by atoms with Crippen molar-refractivity contribution in [2.75, 3.05) is 25.6 Å². The summed E-state index contributed by atoms with van der Waals surface area (Å²) in [5.74, 6) is 0. The zero-order valence-electron chi connectivity index (χ0n) is 9.75. The molecule has 0 aromatic heterocycles.